The third kappa shape index (κ3) is 2.44. The van der Waals surface area contributed by atoms with Crippen molar-refractivity contribution in [3.8, 4) is 0 Å². The van der Waals surface area contributed by atoms with Gasteiger partial charge in [0.05, 0.1) is 0 Å². The van der Waals surface area contributed by atoms with Crippen LogP contribution in [0.15, 0.2) is 4.79 Å². The SMILES string of the molecule is Cc1nc(C2CCC(F)(F)C2)[nH]c(=O)c1C(C)C. The molecule has 1 aromatic rings. The zero-order valence-corrected chi connectivity index (χ0v) is 10.9. The predicted octanol–water partition coefficient (Wildman–Crippen LogP) is 3.10. The second kappa shape index (κ2) is 4.44. The maximum Gasteiger partial charge on any atom is 0.254 e. The number of H-pyrrole nitrogens is 1. The summed E-state index contributed by atoms with van der Waals surface area (Å²) in [6.45, 7) is 5.60. The minimum atomic E-state index is -2.62. The molecule has 1 aromatic heterocycles. The number of hydrogen-bond acceptors (Lipinski definition) is 2. The van der Waals surface area contributed by atoms with Crippen molar-refractivity contribution >= 4 is 0 Å². The van der Waals surface area contributed by atoms with E-state index in [9.17, 15) is 13.6 Å². The molecule has 0 amide bonds. The quantitative estimate of drug-likeness (QED) is 0.883. The second-order valence-corrected chi connectivity index (χ2v) is 5.40. The van der Waals surface area contributed by atoms with Crippen LogP contribution in [-0.4, -0.2) is 15.9 Å². The summed E-state index contributed by atoms with van der Waals surface area (Å²) in [6, 6.07) is 0. The molecule has 0 radical (unpaired) electrons. The summed E-state index contributed by atoms with van der Waals surface area (Å²) < 4.78 is 26.3. The molecule has 1 atom stereocenters. The van der Waals surface area contributed by atoms with Gasteiger partial charge in [0.2, 0.25) is 5.92 Å². The molecule has 0 bridgehead atoms. The minimum Gasteiger partial charge on any atom is -0.310 e. The van der Waals surface area contributed by atoms with Gasteiger partial charge in [0.1, 0.15) is 5.82 Å². The topological polar surface area (TPSA) is 45.8 Å². The average Bonchev–Trinajstić information content (AvgIpc) is 2.57. The van der Waals surface area contributed by atoms with E-state index in [1.807, 2.05) is 13.8 Å². The van der Waals surface area contributed by atoms with Crippen molar-refractivity contribution in [2.45, 2.75) is 57.8 Å². The van der Waals surface area contributed by atoms with Gasteiger partial charge in [-0.3, -0.25) is 4.79 Å². The fraction of sp³-hybridized carbons (Fsp3) is 0.692. The Bertz CT molecular complexity index is 508. The summed E-state index contributed by atoms with van der Waals surface area (Å²) >= 11 is 0. The van der Waals surface area contributed by atoms with Gasteiger partial charge in [0.25, 0.3) is 5.56 Å². The van der Waals surface area contributed by atoms with Crippen molar-refractivity contribution in [1.82, 2.24) is 9.97 Å². The first-order valence-electron chi connectivity index (χ1n) is 6.28. The highest BCUT2D eigenvalue weighted by molar-refractivity contribution is 5.21. The van der Waals surface area contributed by atoms with Crippen molar-refractivity contribution in [3.05, 3.63) is 27.4 Å². The molecular formula is C13H18F2N2O. The summed E-state index contributed by atoms with van der Waals surface area (Å²) in [5, 5.41) is 0. The first kappa shape index (κ1) is 13.2. The largest absolute Gasteiger partial charge is 0.310 e. The summed E-state index contributed by atoms with van der Waals surface area (Å²) in [7, 11) is 0. The van der Waals surface area contributed by atoms with Gasteiger partial charge in [-0.15, -0.1) is 0 Å². The lowest BCUT2D eigenvalue weighted by molar-refractivity contribution is 0.00752. The van der Waals surface area contributed by atoms with Gasteiger partial charge in [-0.25, -0.2) is 13.8 Å². The smallest absolute Gasteiger partial charge is 0.254 e. The Morgan fingerprint density at radius 1 is 1.44 bits per heavy atom. The predicted molar refractivity (Wildman–Crippen MR) is 65.2 cm³/mol. The molecule has 1 unspecified atom stereocenters. The minimum absolute atomic E-state index is 0.0836. The molecule has 1 N–H and O–H groups in total. The highest BCUT2D eigenvalue weighted by Crippen LogP contribution is 2.42. The number of rotatable bonds is 2. The fourth-order valence-corrected chi connectivity index (χ4v) is 2.67. The van der Waals surface area contributed by atoms with Crippen LogP contribution in [0.5, 0.6) is 0 Å². The standard InChI is InChI=1S/C13H18F2N2O/c1-7(2)10-8(3)16-11(17-12(10)18)9-4-5-13(14,15)6-9/h7,9H,4-6H2,1-3H3,(H,16,17,18). The van der Waals surface area contributed by atoms with Crippen molar-refractivity contribution in [3.63, 3.8) is 0 Å². The van der Waals surface area contributed by atoms with Crippen LogP contribution >= 0.6 is 0 Å². The molecule has 2 rings (SSSR count). The Morgan fingerprint density at radius 3 is 2.56 bits per heavy atom. The van der Waals surface area contributed by atoms with Crippen LogP contribution in [0.3, 0.4) is 0 Å². The third-order valence-electron chi connectivity index (χ3n) is 3.53. The fourth-order valence-electron chi connectivity index (χ4n) is 2.67. The molecule has 3 nitrogen and oxygen atoms in total. The number of aromatic amines is 1. The number of alkyl halides is 2. The summed E-state index contributed by atoms with van der Waals surface area (Å²) in [5.74, 6) is -2.44. The molecule has 0 spiro atoms. The van der Waals surface area contributed by atoms with Crippen LogP contribution in [0.2, 0.25) is 0 Å². The molecule has 0 aromatic carbocycles. The number of nitrogens with one attached hydrogen (secondary N) is 1. The van der Waals surface area contributed by atoms with Crippen molar-refractivity contribution in [2.75, 3.05) is 0 Å². The molecule has 1 fully saturated rings. The highest BCUT2D eigenvalue weighted by Gasteiger charge is 2.41. The lowest BCUT2D eigenvalue weighted by Crippen LogP contribution is -2.21. The monoisotopic (exact) mass is 256 g/mol. The van der Waals surface area contributed by atoms with Crippen LogP contribution in [0.1, 0.15) is 62.0 Å². The summed E-state index contributed by atoms with van der Waals surface area (Å²) in [4.78, 5) is 18.9. The van der Waals surface area contributed by atoms with Crippen LogP contribution in [-0.2, 0) is 0 Å². The van der Waals surface area contributed by atoms with Gasteiger partial charge in [0, 0.05) is 30.0 Å². The Balaban J connectivity index is 2.35. The Morgan fingerprint density at radius 2 is 2.11 bits per heavy atom. The van der Waals surface area contributed by atoms with E-state index < -0.39 is 5.92 Å². The lowest BCUT2D eigenvalue weighted by atomic mass is 10.0. The van der Waals surface area contributed by atoms with Crippen molar-refractivity contribution in [2.24, 2.45) is 0 Å². The van der Waals surface area contributed by atoms with E-state index >= 15 is 0 Å². The molecule has 1 heterocycles. The molecule has 100 valence electrons. The normalized spacial score (nSPS) is 22.7. The van der Waals surface area contributed by atoms with E-state index in [0.717, 1.165) is 0 Å². The van der Waals surface area contributed by atoms with E-state index in [4.69, 9.17) is 0 Å². The van der Waals surface area contributed by atoms with Gasteiger partial charge in [-0.1, -0.05) is 13.8 Å². The van der Waals surface area contributed by atoms with Crippen molar-refractivity contribution in [1.29, 1.82) is 0 Å². The van der Waals surface area contributed by atoms with Crippen molar-refractivity contribution < 1.29 is 8.78 Å². The molecule has 0 saturated heterocycles. The average molecular weight is 256 g/mol. The lowest BCUT2D eigenvalue weighted by Gasteiger charge is -2.13. The third-order valence-corrected chi connectivity index (χ3v) is 3.53. The number of halogens is 2. The van der Waals surface area contributed by atoms with E-state index in [-0.39, 0.29) is 30.2 Å². The van der Waals surface area contributed by atoms with Gasteiger partial charge in [0.15, 0.2) is 0 Å². The van der Waals surface area contributed by atoms with E-state index in [1.165, 1.54) is 0 Å². The first-order valence-corrected chi connectivity index (χ1v) is 6.28. The molecule has 0 aliphatic heterocycles. The summed E-state index contributed by atoms with van der Waals surface area (Å²) in [5.41, 5.74) is 1.10. The zero-order valence-electron chi connectivity index (χ0n) is 10.9. The van der Waals surface area contributed by atoms with Crippen LogP contribution in [0, 0.1) is 6.92 Å². The van der Waals surface area contributed by atoms with E-state index in [2.05, 4.69) is 9.97 Å². The van der Waals surface area contributed by atoms with Crippen LogP contribution in [0.25, 0.3) is 0 Å². The number of aromatic nitrogens is 2. The molecule has 1 aliphatic carbocycles. The van der Waals surface area contributed by atoms with Crippen LogP contribution in [0.4, 0.5) is 8.78 Å². The Labute approximate surface area is 105 Å². The molecule has 1 saturated carbocycles. The Kier molecular flexibility index (Phi) is 3.25. The van der Waals surface area contributed by atoms with Gasteiger partial charge in [-0.05, 0) is 19.3 Å². The van der Waals surface area contributed by atoms with Gasteiger partial charge >= 0.3 is 0 Å². The van der Waals surface area contributed by atoms with E-state index in [0.29, 0.717) is 23.5 Å². The van der Waals surface area contributed by atoms with E-state index in [1.54, 1.807) is 6.92 Å². The first-order chi connectivity index (χ1) is 8.30. The van der Waals surface area contributed by atoms with Gasteiger partial charge in [-0.2, -0.15) is 0 Å². The highest BCUT2D eigenvalue weighted by atomic mass is 19.3. The number of nitrogens with zero attached hydrogens (tertiary/aromatic N) is 1. The second-order valence-electron chi connectivity index (χ2n) is 5.40. The number of aryl methyl sites for hydroxylation is 1. The molecule has 1 aliphatic rings. The molecule has 18 heavy (non-hydrogen) atoms. The van der Waals surface area contributed by atoms with Gasteiger partial charge < -0.3 is 4.98 Å². The molecule has 5 heteroatoms. The maximum atomic E-state index is 13.2. The Hall–Kier alpha value is -1.26. The van der Waals surface area contributed by atoms with Crippen LogP contribution < -0.4 is 5.56 Å². The summed E-state index contributed by atoms with van der Waals surface area (Å²) in [6.07, 6.45) is 0.0547. The maximum absolute atomic E-state index is 13.2. The molecular weight excluding hydrogens is 238 g/mol. The number of hydrogen-bond donors (Lipinski definition) is 1. The zero-order chi connectivity index (χ0) is 13.5.